The molecule has 25 heavy (non-hydrogen) atoms. The molecule has 1 unspecified atom stereocenters. The van der Waals surface area contributed by atoms with Gasteiger partial charge in [-0.25, -0.2) is 9.59 Å². The van der Waals surface area contributed by atoms with Crippen LogP contribution in [0.25, 0.3) is 0 Å². The highest BCUT2D eigenvalue weighted by atomic mass is 19.4. The van der Waals surface area contributed by atoms with Gasteiger partial charge in [-0.15, -0.1) is 0 Å². The number of aliphatic carboxylic acids is 1. The lowest BCUT2D eigenvalue weighted by Crippen LogP contribution is -2.46. The fraction of sp³-hybridized carbons (Fsp3) is 0.800. The average Bonchev–Trinajstić information content (AvgIpc) is 2.90. The third-order valence-electron chi connectivity index (χ3n) is 3.59. The molecule has 0 aromatic carbocycles. The van der Waals surface area contributed by atoms with E-state index in [-0.39, 0.29) is 25.8 Å². The van der Waals surface area contributed by atoms with Gasteiger partial charge in [0, 0.05) is 13.0 Å². The topological polar surface area (TPSA) is 95.9 Å². The van der Waals surface area contributed by atoms with E-state index in [0.29, 0.717) is 0 Å². The van der Waals surface area contributed by atoms with Crippen LogP contribution in [0.4, 0.5) is 18.0 Å². The summed E-state index contributed by atoms with van der Waals surface area (Å²) in [5.74, 6) is -2.18. The lowest BCUT2D eigenvalue weighted by molar-refractivity contribution is -0.182. The molecule has 1 heterocycles. The first-order valence-electron chi connectivity index (χ1n) is 7.90. The Kier molecular flexibility index (Phi) is 6.67. The van der Waals surface area contributed by atoms with Gasteiger partial charge in [0.05, 0.1) is 0 Å². The van der Waals surface area contributed by atoms with Gasteiger partial charge in [0.25, 0.3) is 0 Å². The minimum Gasteiger partial charge on any atom is -0.480 e. The molecule has 2 N–H and O–H groups in total. The molecule has 0 saturated carbocycles. The smallest absolute Gasteiger partial charge is 0.408 e. The molecule has 2 amide bonds. The van der Waals surface area contributed by atoms with E-state index in [2.05, 4.69) is 5.32 Å². The molecule has 144 valence electrons. The number of carbonyl (C=O) groups is 3. The summed E-state index contributed by atoms with van der Waals surface area (Å²) in [6.45, 7) is 4.77. The predicted molar refractivity (Wildman–Crippen MR) is 80.8 cm³/mol. The number of rotatable bonds is 5. The number of halogens is 3. The number of nitrogens with zero attached hydrogens (tertiary/aromatic N) is 1. The van der Waals surface area contributed by atoms with E-state index in [9.17, 15) is 27.6 Å². The maximum atomic E-state index is 12.9. The quantitative estimate of drug-likeness (QED) is 0.776. The fourth-order valence-electron chi connectivity index (χ4n) is 2.52. The predicted octanol–water partition coefficient (Wildman–Crippen LogP) is 2.30. The number of hydrogen-bond acceptors (Lipinski definition) is 4. The van der Waals surface area contributed by atoms with Crippen molar-refractivity contribution in [1.29, 1.82) is 0 Å². The number of likely N-dealkylation sites (tertiary alicyclic amines) is 1. The van der Waals surface area contributed by atoms with E-state index in [1.54, 1.807) is 20.8 Å². The molecule has 0 radical (unpaired) electrons. The van der Waals surface area contributed by atoms with Crippen LogP contribution in [0.5, 0.6) is 0 Å². The maximum Gasteiger partial charge on any atom is 0.408 e. The molecule has 1 fully saturated rings. The van der Waals surface area contributed by atoms with Crippen LogP contribution in [0.2, 0.25) is 0 Å². The Morgan fingerprint density at radius 3 is 2.36 bits per heavy atom. The molecule has 10 heteroatoms. The van der Waals surface area contributed by atoms with E-state index in [0.717, 1.165) is 4.90 Å². The van der Waals surface area contributed by atoms with Gasteiger partial charge in [-0.05, 0) is 40.0 Å². The molecular weight excluding hydrogens is 345 g/mol. The van der Waals surface area contributed by atoms with Gasteiger partial charge in [0.1, 0.15) is 17.7 Å². The van der Waals surface area contributed by atoms with Crippen molar-refractivity contribution in [1.82, 2.24) is 10.2 Å². The zero-order valence-electron chi connectivity index (χ0n) is 14.4. The zero-order chi connectivity index (χ0) is 19.4. The average molecular weight is 368 g/mol. The molecule has 1 saturated heterocycles. The van der Waals surface area contributed by atoms with Crippen LogP contribution in [-0.2, 0) is 14.3 Å². The lowest BCUT2D eigenvalue weighted by atomic mass is 10.1. The second-order valence-corrected chi connectivity index (χ2v) is 6.86. The molecule has 0 aromatic rings. The van der Waals surface area contributed by atoms with Crippen molar-refractivity contribution in [2.45, 2.75) is 70.3 Å². The number of hydrogen-bond donors (Lipinski definition) is 2. The summed E-state index contributed by atoms with van der Waals surface area (Å²) in [5, 5.41) is 11.2. The van der Waals surface area contributed by atoms with Gasteiger partial charge < -0.3 is 20.1 Å². The molecule has 7 nitrogen and oxygen atoms in total. The third-order valence-corrected chi connectivity index (χ3v) is 3.59. The first-order chi connectivity index (χ1) is 11.3. The highest BCUT2D eigenvalue weighted by Crippen LogP contribution is 2.33. The summed E-state index contributed by atoms with van der Waals surface area (Å²) in [6, 6.07) is -3.26. The van der Waals surface area contributed by atoms with Gasteiger partial charge in [-0.2, -0.15) is 13.2 Å². The van der Waals surface area contributed by atoms with E-state index in [4.69, 9.17) is 9.84 Å². The Morgan fingerprint density at radius 2 is 1.88 bits per heavy atom. The Bertz CT molecular complexity index is 516. The van der Waals surface area contributed by atoms with Crippen molar-refractivity contribution in [3.8, 4) is 0 Å². The standard InChI is InChI=1S/C15H23F3N2O5/c1-14(2,3)25-13(24)19-9(12(22)23)6-7-11(21)20-8-4-5-10(20)15(16,17)18/h9-10H,4-8H2,1-3H3,(H,19,24)(H,22,23)/t9-,10?/m1/s1. The number of carbonyl (C=O) groups excluding carboxylic acids is 2. The normalized spacial score (nSPS) is 19.4. The van der Waals surface area contributed by atoms with E-state index >= 15 is 0 Å². The van der Waals surface area contributed by atoms with Crippen LogP contribution >= 0.6 is 0 Å². The molecule has 1 rings (SSSR count). The number of ether oxygens (including phenoxy) is 1. The number of amides is 2. The van der Waals surface area contributed by atoms with Crippen LogP contribution in [0, 0.1) is 0 Å². The van der Waals surface area contributed by atoms with Crippen molar-refractivity contribution >= 4 is 18.0 Å². The monoisotopic (exact) mass is 368 g/mol. The zero-order valence-corrected chi connectivity index (χ0v) is 14.4. The van der Waals surface area contributed by atoms with Gasteiger partial charge in [-0.1, -0.05) is 0 Å². The van der Waals surface area contributed by atoms with E-state index in [1.807, 2.05) is 0 Å². The summed E-state index contributed by atoms with van der Waals surface area (Å²) in [4.78, 5) is 35.6. The van der Waals surface area contributed by atoms with Crippen molar-refractivity contribution in [2.24, 2.45) is 0 Å². The minimum atomic E-state index is -4.51. The molecular formula is C15H23F3N2O5. The maximum absolute atomic E-state index is 12.9. The fourth-order valence-corrected chi connectivity index (χ4v) is 2.52. The van der Waals surface area contributed by atoms with Crippen LogP contribution in [0.3, 0.4) is 0 Å². The largest absolute Gasteiger partial charge is 0.480 e. The summed E-state index contributed by atoms with van der Waals surface area (Å²) in [6.07, 6.45) is -6.13. The van der Waals surface area contributed by atoms with Crippen molar-refractivity contribution < 1.29 is 37.4 Å². The summed E-state index contributed by atoms with van der Waals surface area (Å²) >= 11 is 0. The number of carboxylic acid groups (broad SMARTS) is 1. The molecule has 0 bridgehead atoms. The second kappa shape index (κ2) is 7.92. The number of alkyl halides is 3. The van der Waals surface area contributed by atoms with Crippen LogP contribution in [0.15, 0.2) is 0 Å². The lowest BCUT2D eigenvalue weighted by Gasteiger charge is -2.27. The Morgan fingerprint density at radius 1 is 1.28 bits per heavy atom. The molecule has 1 aliphatic heterocycles. The van der Waals surface area contributed by atoms with Crippen LogP contribution in [-0.4, -0.2) is 58.4 Å². The Labute approximate surface area is 143 Å². The SMILES string of the molecule is CC(C)(C)OC(=O)N[C@H](CCC(=O)N1CCCC1C(F)(F)F)C(=O)O. The number of nitrogens with one attached hydrogen (secondary N) is 1. The van der Waals surface area contributed by atoms with Gasteiger partial charge in [-0.3, -0.25) is 4.79 Å². The van der Waals surface area contributed by atoms with Crippen LogP contribution in [0.1, 0.15) is 46.5 Å². The number of carboxylic acids is 1. The minimum absolute atomic E-state index is 0.0136. The van der Waals surface area contributed by atoms with Crippen molar-refractivity contribution in [3.63, 3.8) is 0 Å². The number of alkyl carbamates (subject to hydrolysis) is 1. The highest BCUT2D eigenvalue weighted by Gasteiger charge is 2.47. The molecule has 2 atom stereocenters. The first-order valence-corrected chi connectivity index (χ1v) is 7.90. The first kappa shape index (κ1) is 21.0. The Hall–Kier alpha value is -2.00. The van der Waals surface area contributed by atoms with Gasteiger partial charge in [0.15, 0.2) is 0 Å². The molecule has 0 aliphatic carbocycles. The van der Waals surface area contributed by atoms with E-state index in [1.165, 1.54) is 0 Å². The van der Waals surface area contributed by atoms with E-state index < -0.39 is 48.3 Å². The molecule has 1 aliphatic rings. The van der Waals surface area contributed by atoms with Gasteiger partial charge in [0.2, 0.25) is 5.91 Å². The second-order valence-electron chi connectivity index (χ2n) is 6.86. The Balaban J connectivity index is 2.61. The van der Waals surface area contributed by atoms with Crippen molar-refractivity contribution in [2.75, 3.05) is 6.54 Å². The van der Waals surface area contributed by atoms with Crippen molar-refractivity contribution in [3.05, 3.63) is 0 Å². The highest BCUT2D eigenvalue weighted by molar-refractivity contribution is 5.82. The summed E-state index contributed by atoms with van der Waals surface area (Å²) in [7, 11) is 0. The van der Waals surface area contributed by atoms with Crippen LogP contribution < -0.4 is 5.32 Å². The molecule has 0 aromatic heterocycles. The summed E-state index contributed by atoms with van der Waals surface area (Å²) in [5.41, 5.74) is -0.835. The van der Waals surface area contributed by atoms with Gasteiger partial charge >= 0.3 is 18.2 Å². The third kappa shape index (κ3) is 6.79. The molecule has 0 spiro atoms. The summed E-state index contributed by atoms with van der Waals surface area (Å²) < 4.78 is 43.5.